The smallest absolute Gasteiger partial charge is 0.267 e. The van der Waals surface area contributed by atoms with E-state index in [9.17, 15) is 18.8 Å². The fourth-order valence-corrected chi connectivity index (χ4v) is 5.15. The van der Waals surface area contributed by atoms with Gasteiger partial charge in [0.05, 0.1) is 21.4 Å². The van der Waals surface area contributed by atoms with Crippen LogP contribution in [0.15, 0.2) is 42.5 Å². The Morgan fingerprint density at radius 1 is 1.09 bits per heavy atom. The number of thiazole rings is 1. The summed E-state index contributed by atoms with van der Waals surface area (Å²) in [5, 5.41) is 3.68. The first-order valence-corrected chi connectivity index (χ1v) is 12.4. The molecule has 2 saturated carbocycles. The van der Waals surface area contributed by atoms with Gasteiger partial charge in [-0.05, 0) is 68.1 Å². The van der Waals surface area contributed by atoms with Crippen molar-refractivity contribution >= 4 is 68.8 Å². The molecule has 11 heteroatoms. The van der Waals surface area contributed by atoms with Crippen molar-refractivity contribution in [2.45, 2.75) is 31.6 Å². The van der Waals surface area contributed by atoms with Gasteiger partial charge in [0.2, 0.25) is 11.8 Å². The minimum Gasteiger partial charge on any atom is -0.369 e. The Kier molecular flexibility index (Phi) is 6.03. The van der Waals surface area contributed by atoms with Gasteiger partial charge >= 0.3 is 0 Å². The van der Waals surface area contributed by atoms with E-state index in [1.165, 1.54) is 29.2 Å². The van der Waals surface area contributed by atoms with Crippen molar-refractivity contribution in [3.05, 3.63) is 68.9 Å². The largest absolute Gasteiger partial charge is 0.369 e. The van der Waals surface area contributed by atoms with Crippen LogP contribution in [-0.4, -0.2) is 22.7 Å². The number of carbonyl (C=O) groups is 3. The topological polar surface area (TPSA) is 105 Å². The van der Waals surface area contributed by atoms with Gasteiger partial charge in [0.1, 0.15) is 16.1 Å². The highest BCUT2D eigenvalue weighted by atomic mass is 35.5. The molecule has 0 spiro atoms. The molecule has 2 aliphatic rings. The average molecular weight is 533 g/mol. The normalized spacial score (nSPS) is 16.0. The minimum absolute atomic E-state index is 0.0887. The van der Waals surface area contributed by atoms with Gasteiger partial charge in [-0.3, -0.25) is 19.3 Å². The second kappa shape index (κ2) is 8.89. The van der Waals surface area contributed by atoms with Crippen LogP contribution in [0.2, 0.25) is 10.0 Å². The molecule has 1 aromatic heterocycles. The van der Waals surface area contributed by atoms with Crippen molar-refractivity contribution in [2.75, 3.05) is 10.2 Å². The van der Waals surface area contributed by atoms with Crippen LogP contribution < -0.4 is 16.0 Å². The molecular weight excluding hydrogens is 514 g/mol. The molecule has 7 nitrogen and oxygen atoms in total. The first kappa shape index (κ1) is 23.7. The Morgan fingerprint density at radius 2 is 1.77 bits per heavy atom. The van der Waals surface area contributed by atoms with Gasteiger partial charge in [0.25, 0.3) is 5.91 Å². The summed E-state index contributed by atoms with van der Waals surface area (Å²) in [5.41, 5.74) is 5.59. The number of aromatic nitrogens is 1. The molecule has 2 aliphatic carbocycles. The molecule has 0 atom stereocenters. The lowest BCUT2D eigenvalue weighted by atomic mass is 10.0. The Hall–Kier alpha value is -3.01. The SMILES string of the molecule is NC(=O)C1(C(=O)N(c2ccc(F)cc2)c2nc(C3CC3)c(C(=O)Nc3ccc(Cl)c(Cl)c3)s2)CC1. The summed E-state index contributed by atoms with van der Waals surface area (Å²) in [4.78, 5) is 45.2. The van der Waals surface area contributed by atoms with Crippen molar-refractivity contribution in [1.82, 2.24) is 4.98 Å². The van der Waals surface area contributed by atoms with Crippen LogP contribution >= 0.6 is 34.5 Å². The Morgan fingerprint density at radius 3 is 2.34 bits per heavy atom. The molecule has 0 aliphatic heterocycles. The zero-order chi connectivity index (χ0) is 24.9. The van der Waals surface area contributed by atoms with E-state index in [4.69, 9.17) is 28.9 Å². The summed E-state index contributed by atoms with van der Waals surface area (Å²) in [6.45, 7) is 0. The van der Waals surface area contributed by atoms with Gasteiger partial charge in [-0.25, -0.2) is 9.37 Å². The van der Waals surface area contributed by atoms with Crippen molar-refractivity contribution in [3.8, 4) is 0 Å². The van der Waals surface area contributed by atoms with E-state index in [0.29, 0.717) is 44.8 Å². The highest BCUT2D eigenvalue weighted by molar-refractivity contribution is 7.18. The molecule has 5 rings (SSSR count). The molecule has 0 bridgehead atoms. The number of amides is 3. The molecule has 2 fully saturated rings. The van der Waals surface area contributed by atoms with Gasteiger partial charge in [-0.1, -0.05) is 34.5 Å². The number of anilines is 3. The molecule has 180 valence electrons. The van der Waals surface area contributed by atoms with Crippen LogP contribution in [0.4, 0.5) is 20.9 Å². The van der Waals surface area contributed by atoms with Gasteiger partial charge < -0.3 is 11.1 Å². The number of benzene rings is 2. The fraction of sp³-hybridized carbons (Fsp3) is 0.250. The van der Waals surface area contributed by atoms with Crippen LogP contribution in [0.25, 0.3) is 0 Å². The maximum Gasteiger partial charge on any atom is 0.267 e. The van der Waals surface area contributed by atoms with Gasteiger partial charge in [-0.15, -0.1) is 0 Å². The Balaban J connectivity index is 1.54. The van der Waals surface area contributed by atoms with E-state index in [-0.39, 0.29) is 11.0 Å². The van der Waals surface area contributed by atoms with Gasteiger partial charge in [0, 0.05) is 11.6 Å². The molecule has 3 N–H and O–H groups in total. The number of hydrogen-bond acceptors (Lipinski definition) is 5. The standard InChI is InChI=1S/C24H19Cl2FN4O3S/c25-16-8-5-14(11-17(16)26)29-20(32)19-18(12-1-2-12)30-23(35-19)31(15-6-3-13(27)4-7-15)22(34)24(9-10-24)21(28)33/h3-8,11-12H,1-2,9-10H2,(H2,28,33)(H,29,32). The van der Waals surface area contributed by atoms with Crippen LogP contribution in [-0.2, 0) is 9.59 Å². The number of halogens is 3. The number of hydrogen-bond donors (Lipinski definition) is 2. The van der Waals surface area contributed by atoms with Crippen LogP contribution in [0.3, 0.4) is 0 Å². The van der Waals surface area contributed by atoms with E-state index in [1.54, 1.807) is 18.2 Å². The number of carbonyl (C=O) groups excluding carboxylic acids is 3. The maximum atomic E-state index is 13.6. The van der Waals surface area contributed by atoms with Crippen molar-refractivity contribution < 1.29 is 18.8 Å². The van der Waals surface area contributed by atoms with Crippen LogP contribution in [0.1, 0.15) is 47.0 Å². The predicted molar refractivity (Wildman–Crippen MR) is 133 cm³/mol. The summed E-state index contributed by atoms with van der Waals surface area (Å²) < 4.78 is 13.6. The second-order valence-corrected chi connectivity index (χ2v) is 10.4. The van der Waals surface area contributed by atoms with E-state index in [0.717, 1.165) is 24.2 Å². The first-order chi connectivity index (χ1) is 16.7. The predicted octanol–water partition coefficient (Wildman–Crippen LogP) is 5.65. The van der Waals surface area contributed by atoms with Crippen molar-refractivity contribution in [1.29, 1.82) is 0 Å². The molecule has 0 unspecified atom stereocenters. The quantitative estimate of drug-likeness (QED) is 0.383. The molecule has 35 heavy (non-hydrogen) atoms. The molecule has 1 heterocycles. The highest BCUT2D eigenvalue weighted by Gasteiger charge is 2.58. The Labute approximate surface area is 214 Å². The summed E-state index contributed by atoms with van der Waals surface area (Å²) >= 11 is 13.1. The fourth-order valence-electron chi connectivity index (χ4n) is 3.78. The number of nitrogens with one attached hydrogen (secondary N) is 1. The molecule has 2 aromatic carbocycles. The number of nitrogens with zero attached hydrogens (tertiary/aromatic N) is 2. The van der Waals surface area contributed by atoms with E-state index >= 15 is 0 Å². The zero-order valence-electron chi connectivity index (χ0n) is 18.2. The lowest BCUT2D eigenvalue weighted by Crippen LogP contribution is -2.41. The third-order valence-electron chi connectivity index (χ3n) is 6.10. The van der Waals surface area contributed by atoms with Crippen LogP contribution in [0, 0.1) is 11.2 Å². The highest BCUT2D eigenvalue weighted by Crippen LogP contribution is 2.51. The summed E-state index contributed by atoms with van der Waals surface area (Å²) in [6, 6.07) is 10.0. The summed E-state index contributed by atoms with van der Waals surface area (Å²) in [5.74, 6) is -2.05. The van der Waals surface area contributed by atoms with Gasteiger partial charge in [-0.2, -0.15) is 0 Å². The van der Waals surface area contributed by atoms with E-state index in [1.807, 2.05) is 0 Å². The summed E-state index contributed by atoms with van der Waals surface area (Å²) in [7, 11) is 0. The van der Waals surface area contributed by atoms with Crippen LogP contribution in [0.5, 0.6) is 0 Å². The lowest BCUT2D eigenvalue weighted by molar-refractivity contribution is -0.133. The number of nitrogens with two attached hydrogens (primary N) is 1. The third-order valence-corrected chi connectivity index (χ3v) is 7.89. The molecule has 0 saturated heterocycles. The van der Waals surface area contributed by atoms with Crippen molar-refractivity contribution in [2.24, 2.45) is 11.1 Å². The lowest BCUT2D eigenvalue weighted by Gasteiger charge is -2.23. The van der Waals surface area contributed by atoms with Gasteiger partial charge in [0.15, 0.2) is 5.13 Å². The first-order valence-electron chi connectivity index (χ1n) is 10.9. The summed E-state index contributed by atoms with van der Waals surface area (Å²) in [6.07, 6.45) is 2.38. The third kappa shape index (κ3) is 4.51. The molecule has 0 radical (unpaired) electrons. The average Bonchev–Trinajstić information content (AvgIpc) is 3.75. The maximum absolute atomic E-state index is 13.6. The molecule has 3 aromatic rings. The van der Waals surface area contributed by atoms with E-state index < -0.39 is 29.0 Å². The molecular formula is C24H19Cl2FN4O3S. The zero-order valence-corrected chi connectivity index (χ0v) is 20.5. The monoisotopic (exact) mass is 532 g/mol. The minimum atomic E-state index is -1.33. The van der Waals surface area contributed by atoms with E-state index in [2.05, 4.69) is 10.3 Å². The second-order valence-electron chi connectivity index (χ2n) is 8.63. The Bertz CT molecular complexity index is 1350. The number of rotatable bonds is 7. The molecule has 3 amide bonds. The van der Waals surface area contributed by atoms with Crippen molar-refractivity contribution in [3.63, 3.8) is 0 Å². The number of primary amides is 1.